The summed E-state index contributed by atoms with van der Waals surface area (Å²) in [4.78, 5) is 23.8. The Morgan fingerprint density at radius 2 is 1.87 bits per heavy atom. The fourth-order valence-electron chi connectivity index (χ4n) is 2.51. The second-order valence-electron chi connectivity index (χ2n) is 5.92. The summed E-state index contributed by atoms with van der Waals surface area (Å²) in [5.74, 6) is -5.45. The largest absolute Gasteiger partial charge is 0.463 e. The smallest absolute Gasteiger partial charge is 0.324 e. The number of rotatable bonds is 1. The van der Waals surface area contributed by atoms with E-state index in [-0.39, 0.29) is 24.9 Å². The van der Waals surface area contributed by atoms with Crippen LogP contribution >= 0.6 is 0 Å². The van der Waals surface area contributed by atoms with E-state index in [1.807, 2.05) is 0 Å². The van der Waals surface area contributed by atoms with Crippen LogP contribution in [0.5, 0.6) is 0 Å². The van der Waals surface area contributed by atoms with Gasteiger partial charge in [-0.25, -0.2) is 0 Å². The standard InChI is InChI=1S/C17H21F2NO3/c1-12-7-5-6-10-17(18,19)16(22)20-14(11-23-15(12)21)13-8-3-2-4-9-13/h2-4,8-9,12,14H,5-7,10-11H2,1H3,(H,20,22)/t12-,14?/m1/s1. The molecule has 1 fully saturated rings. The molecule has 1 aliphatic rings. The van der Waals surface area contributed by atoms with Gasteiger partial charge in [0.05, 0.1) is 12.0 Å². The van der Waals surface area contributed by atoms with Crippen molar-refractivity contribution in [2.75, 3.05) is 6.61 Å². The van der Waals surface area contributed by atoms with Gasteiger partial charge in [-0.15, -0.1) is 0 Å². The third-order valence-corrected chi connectivity index (χ3v) is 4.01. The van der Waals surface area contributed by atoms with Crippen LogP contribution in [0.15, 0.2) is 30.3 Å². The average molecular weight is 325 g/mol. The van der Waals surface area contributed by atoms with Crippen molar-refractivity contribution in [1.29, 1.82) is 0 Å². The van der Waals surface area contributed by atoms with Crippen LogP contribution in [0.25, 0.3) is 0 Å². The van der Waals surface area contributed by atoms with E-state index in [0.29, 0.717) is 18.4 Å². The molecule has 1 aromatic rings. The van der Waals surface area contributed by atoms with Crippen molar-refractivity contribution in [1.82, 2.24) is 5.32 Å². The number of carbonyl (C=O) groups excluding carboxylic acids is 2. The molecule has 0 spiro atoms. The number of hydrogen-bond donors (Lipinski definition) is 1. The Morgan fingerprint density at radius 3 is 2.57 bits per heavy atom. The van der Waals surface area contributed by atoms with Crippen molar-refractivity contribution in [2.24, 2.45) is 5.92 Å². The molecule has 6 heteroatoms. The molecule has 23 heavy (non-hydrogen) atoms. The maximum atomic E-state index is 13.9. The Morgan fingerprint density at radius 1 is 1.17 bits per heavy atom. The minimum atomic E-state index is -3.42. The Kier molecular flexibility index (Phi) is 5.69. The Bertz CT molecular complexity index is 548. The third-order valence-electron chi connectivity index (χ3n) is 4.01. The minimum absolute atomic E-state index is 0.158. The highest BCUT2D eigenvalue weighted by Gasteiger charge is 2.39. The van der Waals surface area contributed by atoms with Crippen LogP contribution in [0.3, 0.4) is 0 Å². The molecule has 1 heterocycles. The van der Waals surface area contributed by atoms with Crippen LogP contribution < -0.4 is 5.32 Å². The van der Waals surface area contributed by atoms with Gasteiger partial charge >= 0.3 is 11.9 Å². The summed E-state index contributed by atoms with van der Waals surface area (Å²) in [5.41, 5.74) is 0.620. The van der Waals surface area contributed by atoms with Crippen molar-refractivity contribution < 1.29 is 23.1 Å². The number of hydrogen-bond acceptors (Lipinski definition) is 3. The van der Waals surface area contributed by atoms with Crippen molar-refractivity contribution in [3.63, 3.8) is 0 Å². The van der Waals surface area contributed by atoms with E-state index in [4.69, 9.17) is 4.74 Å². The molecule has 1 unspecified atom stereocenters. The van der Waals surface area contributed by atoms with Gasteiger partial charge in [0.15, 0.2) is 0 Å². The van der Waals surface area contributed by atoms with Gasteiger partial charge in [-0.3, -0.25) is 9.59 Å². The third kappa shape index (κ3) is 4.74. The van der Waals surface area contributed by atoms with Gasteiger partial charge in [-0.2, -0.15) is 8.78 Å². The summed E-state index contributed by atoms with van der Waals surface area (Å²) in [6.45, 7) is 1.57. The van der Waals surface area contributed by atoms with Gasteiger partial charge in [0.25, 0.3) is 5.91 Å². The summed E-state index contributed by atoms with van der Waals surface area (Å²) in [5, 5.41) is 2.31. The van der Waals surface area contributed by atoms with E-state index in [2.05, 4.69) is 5.32 Å². The second kappa shape index (κ2) is 7.53. The zero-order valence-electron chi connectivity index (χ0n) is 13.1. The first-order chi connectivity index (χ1) is 10.9. The van der Waals surface area contributed by atoms with E-state index in [1.165, 1.54) is 0 Å². The summed E-state index contributed by atoms with van der Waals surface area (Å²) < 4.78 is 33.1. The molecule has 0 radical (unpaired) electrons. The van der Waals surface area contributed by atoms with Gasteiger partial charge < -0.3 is 10.1 Å². The topological polar surface area (TPSA) is 55.4 Å². The van der Waals surface area contributed by atoms with Crippen LogP contribution in [0.4, 0.5) is 8.78 Å². The van der Waals surface area contributed by atoms with Gasteiger partial charge in [0.2, 0.25) is 0 Å². The first-order valence-corrected chi connectivity index (χ1v) is 7.80. The second-order valence-corrected chi connectivity index (χ2v) is 5.92. The Hall–Kier alpha value is -1.98. The number of halogens is 2. The number of benzene rings is 1. The number of esters is 1. The van der Waals surface area contributed by atoms with Crippen molar-refractivity contribution in [3.05, 3.63) is 35.9 Å². The van der Waals surface area contributed by atoms with Crippen molar-refractivity contribution in [3.8, 4) is 0 Å². The first kappa shape index (κ1) is 17.4. The predicted octanol–water partition coefficient (Wildman–Crippen LogP) is 3.23. The molecule has 1 aromatic carbocycles. The number of alkyl halides is 2. The molecule has 1 aliphatic heterocycles. The molecule has 0 aliphatic carbocycles. The number of ether oxygens (including phenoxy) is 1. The minimum Gasteiger partial charge on any atom is -0.463 e. The van der Waals surface area contributed by atoms with Crippen molar-refractivity contribution in [2.45, 2.75) is 44.6 Å². The fraction of sp³-hybridized carbons (Fsp3) is 0.529. The lowest BCUT2D eigenvalue weighted by Crippen LogP contribution is -2.43. The quantitative estimate of drug-likeness (QED) is 0.807. The average Bonchev–Trinajstić information content (AvgIpc) is 2.54. The summed E-state index contributed by atoms with van der Waals surface area (Å²) in [7, 11) is 0. The predicted molar refractivity (Wildman–Crippen MR) is 80.9 cm³/mol. The van der Waals surface area contributed by atoms with Crippen molar-refractivity contribution >= 4 is 11.9 Å². The lowest BCUT2D eigenvalue weighted by Gasteiger charge is -2.24. The molecule has 4 nitrogen and oxygen atoms in total. The fourth-order valence-corrected chi connectivity index (χ4v) is 2.51. The Labute approximate surface area is 134 Å². The molecule has 2 atom stereocenters. The molecule has 1 saturated heterocycles. The van der Waals surface area contributed by atoms with Crippen LogP contribution in [-0.2, 0) is 14.3 Å². The van der Waals surface area contributed by atoms with Crippen LogP contribution in [0.1, 0.15) is 44.2 Å². The molecule has 1 amide bonds. The molecule has 1 N–H and O–H groups in total. The van der Waals surface area contributed by atoms with Gasteiger partial charge in [-0.05, 0) is 18.4 Å². The summed E-state index contributed by atoms with van der Waals surface area (Å²) in [6.07, 6.45) is 0.615. The number of nitrogens with one attached hydrogen (secondary N) is 1. The highest BCUT2D eigenvalue weighted by atomic mass is 19.3. The molecular formula is C17H21F2NO3. The summed E-state index contributed by atoms with van der Waals surface area (Å²) in [6, 6.07) is 7.87. The Balaban J connectivity index is 2.20. The monoisotopic (exact) mass is 325 g/mol. The first-order valence-electron chi connectivity index (χ1n) is 7.80. The number of amides is 1. The molecule has 0 bridgehead atoms. The van der Waals surface area contributed by atoms with Crippen LogP contribution in [-0.4, -0.2) is 24.4 Å². The van der Waals surface area contributed by atoms with E-state index < -0.39 is 24.3 Å². The zero-order valence-corrected chi connectivity index (χ0v) is 13.1. The van der Waals surface area contributed by atoms with Gasteiger partial charge in [0.1, 0.15) is 6.61 Å². The van der Waals surface area contributed by atoms with E-state index in [0.717, 1.165) is 0 Å². The molecular weight excluding hydrogens is 304 g/mol. The van der Waals surface area contributed by atoms with E-state index in [9.17, 15) is 18.4 Å². The zero-order chi connectivity index (χ0) is 16.9. The highest BCUT2D eigenvalue weighted by Crippen LogP contribution is 2.26. The molecule has 0 aromatic heterocycles. The number of carbonyl (C=O) groups is 2. The van der Waals surface area contributed by atoms with Crippen LogP contribution in [0, 0.1) is 5.92 Å². The van der Waals surface area contributed by atoms with Gasteiger partial charge in [-0.1, -0.05) is 43.7 Å². The van der Waals surface area contributed by atoms with E-state index in [1.54, 1.807) is 37.3 Å². The SMILES string of the molecule is C[C@@H]1CCCCC(F)(F)C(=O)NC(c2ccccc2)COC1=O. The van der Waals surface area contributed by atoms with E-state index >= 15 is 0 Å². The molecule has 0 saturated carbocycles. The number of cyclic esters (lactones) is 1. The summed E-state index contributed by atoms with van der Waals surface area (Å²) >= 11 is 0. The lowest BCUT2D eigenvalue weighted by molar-refractivity contribution is -0.153. The van der Waals surface area contributed by atoms with Gasteiger partial charge in [0, 0.05) is 6.42 Å². The lowest BCUT2D eigenvalue weighted by atomic mass is 10.0. The van der Waals surface area contributed by atoms with Crippen LogP contribution in [0.2, 0.25) is 0 Å². The molecule has 2 rings (SSSR count). The maximum Gasteiger partial charge on any atom is 0.324 e. The molecule has 126 valence electrons. The highest BCUT2D eigenvalue weighted by molar-refractivity contribution is 5.83. The normalized spacial score (nSPS) is 26.4. The maximum absolute atomic E-state index is 13.9.